The Hall–Kier alpha value is -2.08. The fourth-order valence-corrected chi connectivity index (χ4v) is 3.20. The van der Waals surface area contributed by atoms with E-state index in [0.717, 1.165) is 18.4 Å². The molecule has 0 aromatic heterocycles. The fraction of sp³-hybridized carbons (Fsp3) is 0.579. The molecule has 0 aliphatic carbocycles. The number of carbonyl (C=O) groups excluding carboxylic acids is 2. The predicted molar refractivity (Wildman–Crippen MR) is 97.0 cm³/mol. The van der Waals surface area contributed by atoms with E-state index in [1.165, 1.54) is 0 Å². The monoisotopic (exact) mass is 347 g/mol. The van der Waals surface area contributed by atoms with Crippen LogP contribution < -0.4 is 5.73 Å². The Morgan fingerprint density at radius 3 is 2.24 bits per heavy atom. The average molecular weight is 347 g/mol. The Labute approximate surface area is 149 Å². The number of carbonyl (C=O) groups is 2. The first kappa shape index (κ1) is 19.2. The van der Waals surface area contributed by atoms with Crippen LogP contribution in [0.25, 0.3) is 0 Å². The molecule has 0 bridgehead atoms. The summed E-state index contributed by atoms with van der Waals surface area (Å²) < 4.78 is 5.43. The molecule has 0 unspecified atom stereocenters. The number of rotatable bonds is 4. The number of primary amides is 1. The van der Waals surface area contributed by atoms with Gasteiger partial charge in [-0.1, -0.05) is 30.3 Å². The second-order valence-electron chi connectivity index (χ2n) is 7.57. The Morgan fingerprint density at radius 2 is 1.76 bits per heavy atom. The van der Waals surface area contributed by atoms with E-state index in [4.69, 9.17) is 10.5 Å². The molecular formula is C19H29N3O3. The first-order valence-electron chi connectivity index (χ1n) is 8.73. The molecule has 1 heterocycles. The molecular weight excluding hydrogens is 318 g/mol. The van der Waals surface area contributed by atoms with Crippen molar-refractivity contribution < 1.29 is 14.3 Å². The minimum absolute atomic E-state index is 0.107. The molecule has 1 fully saturated rings. The van der Waals surface area contributed by atoms with Crippen LogP contribution in [0.1, 0.15) is 45.2 Å². The van der Waals surface area contributed by atoms with Crippen molar-refractivity contribution in [1.29, 1.82) is 0 Å². The molecule has 1 atom stereocenters. The number of ether oxygens (including phenoxy) is 1. The van der Waals surface area contributed by atoms with Gasteiger partial charge in [-0.05, 0) is 39.2 Å². The molecule has 1 aliphatic heterocycles. The molecule has 1 aromatic rings. The standard InChI is InChI=1S/C19H29N3O3/c1-19(2,3)25-18(24)21(4)15-10-12-22(13-11-15)16(17(20)23)14-8-6-5-7-9-14/h5-9,15-16H,10-13H2,1-4H3,(H2,20,23)/t16-/m0/s1. The smallest absolute Gasteiger partial charge is 0.410 e. The van der Waals surface area contributed by atoms with Crippen molar-refractivity contribution in [3.05, 3.63) is 35.9 Å². The van der Waals surface area contributed by atoms with Gasteiger partial charge >= 0.3 is 6.09 Å². The van der Waals surface area contributed by atoms with E-state index < -0.39 is 11.6 Å². The quantitative estimate of drug-likeness (QED) is 0.908. The summed E-state index contributed by atoms with van der Waals surface area (Å²) in [5, 5.41) is 0. The van der Waals surface area contributed by atoms with Crippen molar-refractivity contribution in [3.8, 4) is 0 Å². The lowest BCUT2D eigenvalue weighted by molar-refractivity contribution is -0.124. The highest BCUT2D eigenvalue weighted by molar-refractivity contribution is 5.81. The van der Waals surface area contributed by atoms with Crippen molar-refractivity contribution in [2.45, 2.75) is 51.3 Å². The molecule has 2 rings (SSSR count). The van der Waals surface area contributed by atoms with Gasteiger partial charge in [-0.15, -0.1) is 0 Å². The molecule has 2 N–H and O–H groups in total. The maximum Gasteiger partial charge on any atom is 0.410 e. The van der Waals surface area contributed by atoms with E-state index in [1.807, 2.05) is 51.1 Å². The number of amides is 2. The number of piperidine rings is 1. The average Bonchev–Trinajstić information content (AvgIpc) is 2.54. The Bertz CT molecular complexity index is 590. The predicted octanol–water partition coefficient (Wildman–Crippen LogP) is 2.54. The van der Waals surface area contributed by atoms with Crippen molar-refractivity contribution in [2.24, 2.45) is 5.73 Å². The first-order valence-corrected chi connectivity index (χ1v) is 8.73. The summed E-state index contributed by atoms with van der Waals surface area (Å²) in [7, 11) is 1.77. The molecule has 2 amide bonds. The molecule has 0 saturated carbocycles. The third-order valence-electron chi connectivity index (χ3n) is 4.48. The molecule has 6 heteroatoms. The lowest BCUT2D eigenvalue weighted by atomic mass is 9.98. The number of hydrogen-bond acceptors (Lipinski definition) is 4. The Balaban J connectivity index is 1.98. The number of benzene rings is 1. The van der Waals surface area contributed by atoms with Crippen LogP contribution >= 0.6 is 0 Å². The zero-order valence-corrected chi connectivity index (χ0v) is 15.6. The van der Waals surface area contributed by atoms with Crippen LogP contribution in [0.3, 0.4) is 0 Å². The Morgan fingerprint density at radius 1 is 1.20 bits per heavy atom. The highest BCUT2D eigenvalue weighted by Gasteiger charge is 2.33. The summed E-state index contributed by atoms with van der Waals surface area (Å²) in [5.74, 6) is -0.342. The minimum atomic E-state index is -0.504. The summed E-state index contributed by atoms with van der Waals surface area (Å²) in [5.41, 5.74) is 6.05. The second kappa shape index (κ2) is 7.87. The van der Waals surface area contributed by atoms with Gasteiger partial charge < -0.3 is 15.4 Å². The first-order chi connectivity index (χ1) is 11.7. The van der Waals surface area contributed by atoms with Gasteiger partial charge in [0.25, 0.3) is 0 Å². The zero-order chi connectivity index (χ0) is 18.6. The maximum absolute atomic E-state index is 12.2. The van der Waals surface area contributed by atoms with Crippen molar-refractivity contribution in [1.82, 2.24) is 9.80 Å². The van der Waals surface area contributed by atoms with Crippen molar-refractivity contribution in [2.75, 3.05) is 20.1 Å². The third-order valence-corrected chi connectivity index (χ3v) is 4.48. The number of nitrogens with zero attached hydrogens (tertiary/aromatic N) is 2. The summed E-state index contributed by atoms with van der Waals surface area (Å²) >= 11 is 0. The van der Waals surface area contributed by atoms with Gasteiger partial charge in [0.1, 0.15) is 11.6 Å². The molecule has 25 heavy (non-hydrogen) atoms. The zero-order valence-electron chi connectivity index (χ0n) is 15.6. The lowest BCUT2D eigenvalue weighted by Gasteiger charge is -2.39. The number of likely N-dealkylation sites (tertiary alicyclic amines) is 1. The summed E-state index contributed by atoms with van der Waals surface area (Å²) in [6.45, 7) is 7.00. The number of hydrogen-bond donors (Lipinski definition) is 1. The van der Waals surface area contributed by atoms with Crippen LogP contribution in [0.4, 0.5) is 4.79 Å². The summed E-state index contributed by atoms with van der Waals surface area (Å²) in [6.07, 6.45) is 1.26. The van der Waals surface area contributed by atoms with Crippen LogP contribution in [-0.4, -0.2) is 53.6 Å². The van der Waals surface area contributed by atoms with Gasteiger partial charge in [0.05, 0.1) is 0 Å². The number of nitrogens with two attached hydrogens (primary N) is 1. The van der Waals surface area contributed by atoms with Crippen LogP contribution in [0.5, 0.6) is 0 Å². The van der Waals surface area contributed by atoms with E-state index in [0.29, 0.717) is 13.1 Å². The Kier molecular flexibility index (Phi) is 6.06. The maximum atomic E-state index is 12.2. The van der Waals surface area contributed by atoms with E-state index in [9.17, 15) is 9.59 Å². The normalized spacial score (nSPS) is 17.8. The van der Waals surface area contributed by atoms with E-state index in [1.54, 1.807) is 11.9 Å². The van der Waals surface area contributed by atoms with Crippen LogP contribution in [-0.2, 0) is 9.53 Å². The highest BCUT2D eigenvalue weighted by atomic mass is 16.6. The van der Waals surface area contributed by atoms with Crippen LogP contribution in [0.2, 0.25) is 0 Å². The lowest BCUT2D eigenvalue weighted by Crippen LogP contribution is -2.49. The molecule has 1 saturated heterocycles. The minimum Gasteiger partial charge on any atom is -0.444 e. The van der Waals surface area contributed by atoms with Gasteiger partial charge in [0.2, 0.25) is 5.91 Å². The van der Waals surface area contributed by atoms with E-state index in [-0.39, 0.29) is 18.0 Å². The molecule has 6 nitrogen and oxygen atoms in total. The van der Waals surface area contributed by atoms with Gasteiger partial charge in [0, 0.05) is 26.2 Å². The molecule has 1 aliphatic rings. The third kappa shape index (κ3) is 5.19. The van der Waals surface area contributed by atoms with Crippen molar-refractivity contribution >= 4 is 12.0 Å². The summed E-state index contributed by atoms with van der Waals surface area (Å²) in [4.78, 5) is 28.0. The van der Waals surface area contributed by atoms with Gasteiger partial charge in [0.15, 0.2) is 0 Å². The topological polar surface area (TPSA) is 75.9 Å². The van der Waals surface area contributed by atoms with Gasteiger partial charge in [-0.2, -0.15) is 0 Å². The fourth-order valence-electron chi connectivity index (χ4n) is 3.20. The van der Waals surface area contributed by atoms with Crippen LogP contribution in [0.15, 0.2) is 30.3 Å². The summed E-state index contributed by atoms with van der Waals surface area (Å²) in [6, 6.07) is 9.28. The molecule has 0 radical (unpaired) electrons. The molecule has 0 spiro atoms. The largest absolute Gasteiger partial charge is 0.444 e. The van der Waals surface area contributed by atoms with Gasteiger partial charge in [-0.25, -0.2) is 4.79 Å². The van der Waals surface area contributed by atoms with E-state index in [2.05, 4.69) is 4.90 Å². The van der Waals surface area contributed by atoms with Gasteiger partial charge in [-0.3, -0.25) is 9.69 Å². The van der Waals surface area contributed by atoms with E-state index >= 15 is 0 Å². The second-order valence-corrected chi connectivity index (χ2v) is 7.57. The SMILES string of the molecule is CN(C(=O)OC(C)(C)C)C1CCN([C@H](C(N)=O)c2ccccc2)CC1. The molecule has 138 valence electrons. The van der Waals surface area contributed by atoms with Crippen LogP contribution in [0, 0.1) is 0 Å². The molecule has 1 aromatic carbocycles. The van der Waals surface area contributed by atoms with Crippen molar-refractivity contribution in [3.63, 3.8) is 0 Å². The highest BCUT2D eigenvalue weighted by Crippen LogP contribution is 2.26.